The van der Waals surface area contributed by atoms with E-state index in [9.17, 15) is 13.2 Å². The molecular formula is C20H26O5S2. The molecule has 7 heteroatoms. The Morgan fingerprint density at radius 2 is 1.81 bits per heavy atom. The maximum Gasteiger partial charge on any atom is 0.306 e. The Morgan fingerprint density at radius 3 is 2.37 bits per heavy atom. The van der Waals surface area contributed by atoms with Gasteiger partial charge in [0.05, 0.1) is 22.7 Å². The lowest BCUT2D eigenvalue weighted by atomic mass is 9.82. The molecule has 27 heavy (non-hydrogen) atoms. The predicted octanol–water partition coefficient (Wildman–Crippen LogP) is 3.90. The van der Waals surface area contributed by atoms with E-state index in [0.717, 1.165) is 41.4 Å². The number of carbonyl (C=O) groups excluding carboxylic acids is 1. The third-order valence-corrected chi connectivity index (χ3v) is 7.10. The van der Waals surface area contributed by atoms with Gasteiger partial charge in [-0.05, 0) is 63.1 Å². The van der Waals surface area contributed by atoms with E-state index in [-0.39, 0.29) is 17.0 Å². The average molecular weight is 411 g/mol. The largest absolute Gasteiger partial charge is 0.385 e. The number of carbonyl (C=O) groups is 1. The van der Waals surface area contributed by atoms with Crippen molar-refractivity contribution in [2.75, 3.05) is 13.4 Å². The summed E-state index contributed by atoms with van der Waals surface area (Å²) in [6, 6.07) is 4.02. The van der Waals surface area contributed by atoms with Gasteiger partial charge in [-0.25, -0.2) is 0 Å². The second-order valence-corrected chi connectivity index (χ2v) is 10.5. The molecule has 2 aliphatic rings. The molecule has 1 aromatic rings. The number of rotatable bonds is 4. The molecule has 0 aromatic heterocycles. The van der Waals surface area contributed by atoms with Crippen molar-refractivity contribution in [2.24, 2.45) is 0 Å². The number of methoxy groups -OCH3 is 1. The van der Waals surface area contributed by atoms with Gasteiger partial charge in [-0.2, -0.15) is 8.42 Å². The van der Waals surface area contributed by atoms with E-state index in [1.807, 2.05) is 32.9 Å². The van der Waals surface area contributed by atoms with E-state index in [2.05, 4.69) is 0 Å². The molecule has 1 aromatic carbocycles. The first-order chi connectivity index (χ1) is 12.6. The normalized spacial score (nSPS) is 26.1. The Labute approximate surface area is 165 Å². The van der Waals surface area contributed by atoms with Gasteiger partial charge in [-0.15, -0.1) is 0 Å². The fourth-order valence-electron chi connectivity index (χ4n) is 4.34. The van der Waals surface area contributed by atoms with Crippen molar-refractivity contribution < 1.29 is 22.1 Å². The molecule has 0 saturated heterocycles. The van der Waals surface area contributed by atoms with Crippen molar-refractivity contribution >= 4 is 32.6 Å². The molecule has 2 atom stereocenters. The lowest BCUT2D eigenvalue weighted by Gasteiger charge is -2.37. The Morgan fingerprint density at radius 1 is 1.19 bits per heavy atom. The number of ether oxygens (including phenoxy) is 1. The van der Waals surface area contributed by atoms with Gasteiger partial charge in [0.1, 0.15) is 5.76 Å². The topological polar surface area (TPSA) is 69.7 Å². The molecule has 0 N–H and O–H groups in total. The van der Waals surface area contributed by atoms with Gasteiger partial charge in [0.2, 0.25) is 5.12 Å². The molecule has 3 rings (SSSR count). The Bertz CT molecular complexity index is 893. The zero-order valence-electron chi connectivity index (χ0n) is 16.4. The minimum absolute atomic E-state index is 0.0169. The number of thioether (sulfide) groups is 1. The third kappa shape index (κ3) is 3.96. The van der Waals surface area contributed by atoms with Crippen LogP contribution in [0.1, 0.15) is 47.9 Å². The molecule has 0 radical (unpaired) electrons. The first-order valence-corrected chi connectivity index (χ1v) is 11.7. The molecular weight excluding hydrogens is 384 g/mol. The van der Waals surface area contributed by atoms with Crippen LogP contribution in [0.15, 0.2) is 17.9 Å². The summed E-state index contributed by atoms with van der Waals surface area (Å²) in [5.41, 5.74) is 4.18. The molecule has 148 valence electrons. The summed E-state index contributed by atoms with van der Waals surface area (Å²) >= 11 is 1.20. The van der Waals surface area contributed by atoms with Crippen LogP contribution in [-0.2, 0) is 23.8 Å². The predicted molar refractivity (Wildman–Crippen MR) is 108 cm³/mol. The summed E-state index contributed by atoms with van der Waals surface area (Å²) in [4.78, 5) is 13.1. The van der Waals surface area contributed by atoms with Crippen LogP contribution in [0.5, 0.6) is 0 Å². The highest BCUT2D eigenvalue weighted by molar-refractivity contribution is 8.16. The van der Waals surface area contributed by atoms with Crippen LogP contribution >= 0.6 is 11.8 Å². The summed E-state index contributed by atoms with van der Waals surface area (Å²) in [5, 5.41) is -0.125. The van der Waals surface area contributed by atoms with Crippen molar-refractivity contribution in [2.45, 2.75) is 57.3 Å². The van der Waals surface area contributed by atoms with Crippen molar-refractivity contribution in [1.29, 1.82) is 0 Å². The Hall–Kier alpha value is -1.31. The molecule has 0 bridgehead atoms. The van der Waals surface area contributed by atoms with E-state index in [1.165, 1.54) is 11.8 Å². The van der Waals surface area contributed by atoms with Gasteiger partial charge in [0, 0.05) is 7.11 Å². The first-order valence-electron chi connectivity index (χ1n) is 9.05. The summed E-state index contributed by atoms with van der Waals surface area (Å²) in [7, 11) is -2.12. The van der Waals surface area contributed by atoms with E-state index in [4.69, 9.17) is 8.92 Å². The second kappa shape index (κ2) is 7.26. The quantitative estimate of drug-likeness (QED) is 0.701. The van der Waals surface area contributed by atoms with Gasteiger partial charge in [0.25, 0.3) is 0 Å². The number of aryl methyl sites for hydroxylation is 3. The van der Waals surface area contributed by atoms with E-state index in [0.29, 0.717) is 18.4 Å². The Balaban J connectivity index is 2.24. The maximum absolute atomic E-state index is 13.1. The van der Waals surface area contributed by atoms with Crippen LogP contribution in [0.25, 0.3) is 5.57 Å². The van der Waals surface area contributed by atoms with Crippen molar-refractivity contribution in [3.63, 3.8) is 0 Å². The SMILES string of the molecule is COC1CCCC2(C1)SC(=O)C(c1c(C)cc(C)cc1C)=C2OS(C)(=O)=O. The van der Waals surface area contributed by atoms with Crippen molar-refractivity contribution in [1.82, 2.24) is 0 Å². The third-order valence-electron chi connectivity index (χ3n) is 5.29. The van der Waals surface area contributed by atoms with Crippen LogP contribution in [0.2, 0.25) is 0 Å². The summed E-state index contributed by atoms with van der Waals surface area (Å²) in [6.45, 7) is 5.90. The smallest absolute Gasteiger partial charge is 0.306 e. The van der Waals surface area contributed by atoms with Gasteiger partial charge in [0.15, 0.2) is 0 Å². The highest BCUT2D eigenvalue weighted by Gasteiger charge is 2.52. The summed E-state index contributed by atoms with van der Waals surface area (Å²) in [6.07, 6.45) is 4.03. The average Bonchev–Trinajstić information content (AvgIpc) is 2.77. The highest BCUT2D eigenvalue weighted by Crippen LogP contribution is 2.56. The van der Waals surface area contributed by atoms with Crippen LogP contribution in [0.3, 0.4) is 0 Å². The zero-order valence-corrected chi connectivity index (χ0v) is 18.1. The summed E-state index contributed by atoms with van der Waals surface area (Å²) in [5.74, 6) is 0.289. The molecule has 1 aliphatic carbocycles. The van der Waals surface area contributed by atoms with E-state index >= 15 is 0 Å². The van der Waals surface area contributed by atoms with Crippen molar-refractivity contribution in [3.05, 3.63) is 40.1 Å². The highest BCUT2D eigenvalue weighted by atomic mass is 32.2. The van der Waals surface area contributed by atoms with E-state index < -0.39 is 14.9 Å². The zero-order chi connectivity index (χ0) is 20.0. The van der Waals surface area contributed by atoms with Gasteiger partial charge < -0.3 is 8.92 Å². The summed E-state index contributed by atoms with van der Waals surface area (Å²) < 4.78 is 34.5. The van der Waals surface area contributed by atoms with Crippen molar-refractivity contribution in [3.8, 4) is 0 Å². The maximum atomic E-state index is 13.1. The molecule has 0 amide bonds. The van der Waals surface area contributed by atoms with Gasteiger partial charge in [-0.1, -0.05) is 29.5 Å². The number of hydrogen-bond donors (Lipinski definition) is 0. The fourth-order valence-corrected chi connectivity index (χ4v) is 6.34. The molecule has 1 saturated carbocycles. The standard InChI is InChI=1S/C20H26O5S2/c1-12-9-13(2)16(14(3)10-12)17-18(25-27(5,22)23)20(26-19(17)21)8-6-7-15(11-20)24-4/h9-10,15H,6-8,11H2,1-5H3. The fraction of sp³-hybridized carbons (Fsp3) is 0.550. The number of hydrogen-bond acceptors (Lipinski definition) is 6. The molecule has 5 nitrogen and oxygen atoms in total. The monoisotopic (exact) mass is 410 g/mol. The number of benzene rings is 1. The molecule has 2 unspecified atom stereocenters. The van der Waals surface area contributed by atoms with E-state index in [1.54, 1.807) is 7.11 Å². The molecule has 1 heterocycles. The minimum atomic E-state index is -3.77. The first kappa shape index (κ1) is 20.4. The molecule has 1 aliphatic heterocycles. The van der Waals surface area contributed by atoms with Crippen LogP contribution in [0, 0.1) is 20.8 Å². The second-order valence-electron chi connectivity index (χ2n) is 7.60. The van der Waals surface area contributed by atoms with Crippen LogP contribution in [-0.4, -0.2) is 37.7 Å². The lowest BCUT2D eigenvalue weighted by molar-refractivity contribution is -0.106. The minimum Gasteiger partial charge on any atom is -0.385 e. The molecule has 1 fully saturated rings. The van der Waals surface area contributed by atoms with Gasteiger partial charge in [-0.3, -0.25) is 4.79 Å². The lowest BCUT2D eigenvalue weighted by Crippen LogP contribution is -2.37. The van der Waals surface area contributed by atoms with Crippen LogP contribution in [0.4, 0.5) is 0 Å². The van der Waals surface area contributed by atoms with Gasteiger partial charge >= 0.3 is 10.1 Å². The van der Waals surface area contributed by atoms with Crippen LogP contribution < -0.4 is 0 Å². The Kier molecular flexibility index (Phi) is 5.49. The molecule has 1 spiro atoms.